The molecule has 0 aliphatic heterocycles. The minimum atomic E-state index is -0.162. The average molecular weight is 160 g/mol. The van der Waals surface area contributed by atoms with Gasteiger partial charge in [-0.25, -0.2) is 0 Å². The lowest BCUT2D eigenvalue weighted by atomic mass is 10.0. The first-order valence-electron chi connectivity index (χ1n) is 4.06. The molecule has 11 heavy (non-hydrogen) atoms. The minimum Gasteiger partial charge on any atom is -0.394 e. The van der Waals surface area contributed by atoms with Crippen molar-refractivity contribution in [3.05, 3.63) is 0 Å². The van der Waals surface area contributed by atoms with E-state index in [1.807, 2.05) is 21.0 Å². The van der Waals surface area contributed by atoms with Crippen LogP contribution in [0.4, 0.5) is 0 Å². The third-order valence-corrected chi connectivity index (χ3v) is 2.11. The molecule has 0 heterocycles. The molecule has 0 aromatic heterocycles. The molecule has 68 valence electrons. The highest BCUT2D eigenvalue weighted by Gasteiger charge is 2.21. The van der Waals surface area contributed by atoms with Gasteiger partial charge in [-0.15, -0.1) is 0 Å². The second-order valence-electron chi connectivity index (χ2n) is 3.30. The molecule has 0 aromatic carbocycles. The van der Waals surface area contributed by atoms with Gasteiger partial charge in [-0.3, -0.25) is 0 Å². The van der Waals surface area contributed by atoms with Crippen molar-refractivity contribution in [1.29, 1.82) is 0 Å². The topological polar surface area (TPSA) is 35.5 Å². The summed E-state index contributed by atoms with van der Waals surface area (Å²) in [4.78, 5) is 2.17. The molecule has 0 rings (SSSR count). The normalized spacial score (nSPS) is 16.9. The molecule has 2 N–H and O–H groups in total. The number of rotatable bonds is 5. The quantitative estimate of drug-likeness (QED) is 0.590. The second-order valence-corrected chi connectivity index (χ2v) is 3.30. The highest BCUT2D eigenvalue weighted by molar-refractivity contribution is 4.83. The summed E-state index contributed by atoms with van der Waals surface area (Å²) in [5, 5.41) is 12.1. The fraction of sp³-hybridized carbons (Fsp3) is 1.00. The summed E-state index contributed by atoms with van der Waals surface area (Å²) in [5.74, 6) is 0. The smallest absolute Gasteiger partial charge is 0.0623 e. The van der Waals surface area contributed by atoms with E-state index in [2.05, 4.69) is 17.1 Å². The average Bonchev–Trinajstić information content (AvgIpc) is 2.04. The van der Waals surface area contributed by atoms with Gasteiger partial charge >= 0.3 is 0 Å². The van der Waals surface area contributed by atoms with E-state index in [1.54, 1.807) is 0 Å². The molecule has 0 amide bonds. The van der Waals surface area contributed by atoms with Gasteiger partial charge in [0.1, 0.15) is 0 Å². The van der Waals surface area contributed by atoms with Crippen molar-refractivity contribution in [2.24, 2.45) is 0 Å². The van der Waals surface area contributed by atoms with Crippen LogP contribution in [-0.2, 0) is 0 Å². The lowest BCUT2D eigenvalue weighted by molar-refractivity contribution is 0.141. The SMILES string of the molecule is CCN(C)CC(C)(CO)NC. The molecule has 0 saturated heterocycles. The molecular weight excluding hydrogens is 140 g/mol. The fourth-order valence-corrected chi connectivity index (χ4v) is 0.916. The van der Waals surface area contributed by atoms with Crippen LogP contribution in [0, 0.1) is 0 Å². The van der Waals surface area contributed by atoms with E-state index >= 15 is 0 Å². The van der Waals surface area contributed by atoms with E-state index in [1.165, 1.54) is 0 Å². The van der Waals surface area contributed by atoms with Crippen molar-refractivity contribution in [3.63, 3.8) is 0 Å². The number of aliphatic hydroxyl groups excluding tert-OH is 1. The van der Waals surface area contributed by atoms with Gasteiger partial charge in [0.15, 0.2) is 0 Å². The molecule has 1 atom stereocenters. The van der Waals surface area contributed by atoms with E-state index in [0.29, 0.717) is 0 Å². The monoisotopic (exact) mass is 160 g/mol. The van der Waals surface area contributed by atoms with E-state index in [4.69, 9.17) is 5.11 Å². The Kier molecular flexibility index (Phi) is 4.65. The highest BCUT2D eigenvalue weighted by Crippen LogP contribution is 2.02. The van der Waals surface area contributed by atoms with Gasteiger partial charge in [0.25, 0.3) is 0 Å². The Hall–Kier alpha value is -0.120. The summed E-state index contributed by atoms with van der Waals surface area (Å²) < 4.78 is 0. The zero-order chi connectivity index (χ0) is 8.91. The third kappa shape index (κ3) is 3.70. The maximum atomic E-state index is 9.04. The summed E-state index contributed by atoms with van der Waals surface area (Å²) in [5.41, 5.74) is -0.162. The molecule has 0 aliphatic rings. The number of aliphatic hydroxyl groups is 1. The molecule has 0 radical (unpaired) electrons. The van der Waals surface area contributed by atoms with Gasteiger partial charge in [0, 0.05) is 6.54 Å². The summed E-state index contributed by atoms with van der Waals surface area (Å²) in [6.45, 7) is 6.17. The largest absolute Gasteiger partial charge is 0.394 e. The van der Waals surface area contributed by atoms with Gasteiger partial charge < -0.3 is 15.3 Å². The molecule has 0 saturated carbocycles. The molecule has 0 fully saturated rings. The maximum absolute atomic E-state index is 9.04. The third-order valence-electron chi connectivity index (χ3n) is 2.11. The summed E-state index contributed by atoms with van der Waals surface area (Å²) in [6.07, 6.45) is 0. The Morgan fingerprint density at radius 3 is 2.36 bits per heavy atom. The van der Waals surface area contributed by atoms with Crippen molar-refractivity contribution in [3.8, 4) is 0 Å². The van der Waals surface area contributed by atoms with Crippen LogP contribution < -0.4 is 5.32 Å². The van der Waals surface area contributed by atoms with Crippen LogP contribution in [0.2, 0.25) is 0 Å². The Bertz CT molecular complexity index is 102. The second kappa shape index (κ2) is 4.70. The van der Waals surface area contributed by atoms with Crippen molar-refractivity contribution in [2.45, 2.75) is 19.4 Å². The molecule has 0 spiro atoms. The van der Waals surface area contributed by atoms with Gasteiger partial charge in [0.2, 0.25) is 0 Å². The van der Waals surface area contributed by atoms with E-state index in [0.717, 1.165) is 13.1 Å². The molecule has 3 heteroatoms. The van der Waals surface area contributed by atoms with Crippen molar-refractivity contribution < 1.29 is 5.11 Å². The first-order chi connectivity index (χ1) is 5.08. The molecule has 1 unspecified atom stereocenters. The van der Waals surface area contributed by atoms with E-state index in [9.17, 15) is 0 Å². The summed E-state index contributed by atoms with van der Waals surface area (Å²) in [6, 6.07) is 0. The summed E-state index contributed by atoms with van der Waals surface area (Å²) in [7, 11) is 3.92. The Balaban J connectivity index is 3.86. The van der Waals surface area contributed by atoms with Gasteiger partial charge in [-0.2, -0.15) is 0 Å². The van der Waals surface area contributed by atoms with E-state index in [-0.39, 0.29) is 12.1 Å². The number of nitrogens with zero attached hydrogens (tertiary/aromatic N) is 1. The Morgan fingerprint density at radius 1 is 1.55 bits per heavy atom. The van der Waals surface area contributed by atoms with Crippen molar-refractivity contribution >= 4 is 0 Å². The van der Waals surface area contributed by atoms with Gasteiger partial charge in [0.05, 0.1) is 12.1 Å². The maximum Gasteiger partial charge on any atom is 0.0623 e. The van der Waals surface area contributed by atoms with Crippen LogP contribution in [0.15, 0.2) is 0 Å². The molecule has 3 nitrogen and oxygen atoms in total. The molecule has 0 bridgehead atoms. The molecule has 0 aliphatic carbocycles. The van der Waals surface area contributed by atoms with Crippen LogP contribution in [-0.4, -0.2) is 49.3 Å². The lowest BCUT2D eigenvalue weighted by Crippen LogP contribution is -2.51. The molecular formula is C8H20N2O. The number of likely N-dealkylation sites (N-methyl/N-ethyl adjacent to an activating group) is 2. The number of nitrogens with one attached hydrogen (secondary N) is 1. The number of hydrogen-bond acceptors (Lipinski definition) is 3. The standard InChI is InChI=1S/C8H20N2O/c1-5-10(4)6-8(2,7-11)9-3/h9,11H,5-7H2,1-4H3. The first-order valence-corrected chi connectivity index (χ1v) is 4.06. The predicted molar refractivity (Wildman–Crippen MR) is 47.7 cm³/mol. The van der Waals surface area contributed by atoms with Crippen LogP contribution in [0.25, 0.3) is 0 Å². The van der Waals surface area contributed by atoms with Gasteiger partial charge in [-0.1, -0.05) is 6.92 Å². The zero-order valence-electron chi connectivity index (χ0n) is 8.02. The van der Waals surface area contributed by atoms with Crippen LogP contribution in [0.3, 0.4) is 0 Å². The van der Waals surface area contributed by atoms with Crippen LogP contribution >= 0.6 is 0 Å². The fourth-order valence-electron chi connectivity index (χ4n) is 0.916. The minimum absolute atomic E-state index is 0.162. The predicted octanol–water partition coefficient (Wildman–Crippen LogP) is -0.0915. The Morgan fingerprint density at radius 2 is 2.09 bits per heavy atom. The summed E-state index contributed by atoms with van der Waals surface area (Å²) >= 11 is 0. The highest BCUT2D eigenvalue weighted by atomic mass is 16.3. The van der Waals surface area contributed by atoms with Crippen molar-refractivity contribution in [2.75, 3.05) is 33.8 Å². The van der Waals surface area contributed by atoms with Gasteiger partial charge in [-0.05, 0) is 27.6 Å². The van der Waals surface area contributed by atoms with Crippen molar-refractivity contribution in [1.82, 2.24) is 10.2 Å². The van der Waals surface area contributed by atoms with Crippen LogP contribution in [0.5, 0.6) is 0 Å². The number of hydrogen-bond donors (Lipinski definition) is 2. The Labute approximate surface area is 69.4 Å². The van der Waals surface area contributed by atoms with Crippen LogP contribution in [0.1, 0.15) is 13.8 Å². The molecule has 0 aromatic rings. The first kappa shape index (κ1) is 10.9. The lowest BCUT2D eigenvalue weighted by Gasteiger charge is -2.31. The van der Waals surface area contributed by atoms with E-state index < -0.39 is 0 Å². The zero-order valence-corrected chi connectivity index (χ0v) is 8.02.